The van der Waals surface area contributed by atoms with E-state index in [1.54, 1.807) is 4.90 Å². The van der Waals surface area contributed by atoms with Crippen LogP contribution in [0, 0.1) is 0 Å². The van der Waals surface area contributed by atoms with E-state index in [9.17, 15) is 9.59 Å². The molecule has 1 aliphatic rings. The molecule has 0 aromatic heterocycles. The third-order valence-electron chi connectivity index (χ3n) is 4.16. The second kappa shape index (κ2) is 10.1. The van der Waals surface area contributed by atoms with Crippen LogP contribution in [0.25, 0.3) is 0 Å². The molecular formula is C21H33N5O3. The number of guanidine groups is 1. The summed E-state index contributed by atoms with van der Waals surface area (Å²) in [6.07, 6.45) is 0.520. The van der Waals surface area contributed by atoms with Crippen molar-refractivity contribution in [2.45, 2.75) is 52.7 Å². The minimum Gasteiger partial charge on any atom is -0.444 e. The lowest BCUT2D eigenvalue weighted by molar-refractivity contribution is -0.114. The number of ether oxygens (including phenoxy) is 1. The summed E-state index contributed by atoms with van der Waals surface area (Å²) in [6, 6.07) is 7.93. The molecule has 0 saturated carbocycles. The molecule has 0 aliphatic carbocycles. The van der Waals surface area contributed by atoms with Gasteiger partial charge in [-0.3, -0.25) is 9.79 Å². The number of amides is 2. The third kappa shape index (κ3) is 8.01. The largest absolute Gasteiger partial charge is 0.444 e. The first kappa shape index (κ1) is 22.5. The molecule has 8 heteroatoms. The first-order valence-electron chi connectivity index (χ1n) is 10.1. The quantitative estimate of drug-likeness (QED) is 0.501. The molecule has 0 atom stereocenters. The lowest BCUT2D eigenvalue weighted by Crippen LogP contribution is -2.63. The van der Waals surface area contributed by atoms with Crippen molar-refractivity contribution < 1.29 is 14.3 Å². The number of nitrogens with zero attached hydrogens (tertiary/aromatic N) is 2. The van der Waals surface area contributed by atoms with Crippen LogP contribution >= 0.6 is 0 Å². The van der Waals surface area contributed by atoms with E-state index >= 15 is 0 Å². The van der Waals surface area contributed by atoms with Gasteiger partial charge in [0.15, 0.2) is 5.96 Å². The summed E-state index contributed by atoms with van der Waals surface area (Å²) in [5.74, 6) is 0.668. The predicted octanol–water partition coefficient (Wildman–Crippen LogP) is 2.36. The summed E-state index contributed by atoms with van der Waals surface area (Å²) in [5.41, 5.74) is 1.46. The predicted molar refractivity (Wildman–Crippen MR) is 115 cm³/mol. The van der Waals surface area contributed by atoms with Crippen LogP contribution in [-0.2, 0) is 16.0 Å². The highest BCUT2D eigenvalue weighted by Gasteiger charge is 2.34. The molecule has 1 aromatic carbocycles. The van der Waals surface area contributed by atoms with E-state index < -0.39 is 5.60 Å². The van der Waals surface area contributed by atoms with Crippen molar-refractivity contribution >= 4 is 23.6 Å². The third-order valence-corrected chi connectivity index (χ3v) is 4.16. The number of carbonyl (C=O) groups excluding carboxylic acids is 2. The Morgan fingerprint density at radius 1 is 1.21 bits per heavy atom. The van der Waals surface area contributed by atoms with E-state index in [4.69, 9.17) is 4.74 Å². The Bertz CT molecular complexity index is 719. The zero-order chi connectivity index (χ0) is 21.4. The molecule has 0 unspecified atom stereocenters. The number of rotatable bonds is 6. The standard InChI is InChI=1S/C21H33N5O3/c1-6-22-19(25-18-13-26(14-18)20(28)29-21(3,4)5)23-12-11-16-7-9-17(10-8-16)24-15(2)27/h7-10,18H,6,11-14H2,1-5H3,(H,24,27)(H2,22,23,25). The zero-order valence-electron chi connectivity index (χ0n) is 18.0. The van der Waals surface area contributed by atoms with Crippen molar-refractivity contribution in [2.24, 2.45) is 4.99 Å². The molecule has 0 radical (unpaired) electrons. The van der Waals surface area contributed by atoms with Gasteiger partial charge in [0.2, 0.25) is 5.91 Å². The van der Waals surface area contributed by atoms with Crippen molar-refractivity contribution in [2.75, 3.05) is 31.5 Å². The second-order valence-corrected chi connectivity index (χ2v) is 8.12. The first-order chi connectivity index (χ1) is 13.7. The van der Waals surface area contributed by atoms with E-state index in [-0.39, 0.29) is 18.0 Å². The normalized spacial score (nSPS) is 14.8. The highest BCUT2D eigenvalue weighted by atomic mass is 16.6. The van der Waals surface area contributed by atoms with Crippen molar-refractivity contribution in [1.29, 1.82) is 0 Å². The maximum atomic E-state index is 12.0. The van der Waals surface area contributed by atoms with Gasteiger partial charge in [0.25, 0.3) is 0 Å². The molecule has 8 nitrogen and oxygen atoms in total. The van der Waals surface area contributed by atoms with Gasteiger partial charge >= 0.3 is 6.09 Å². The Kier molecular flexibility index (Phi) is 7.87. The molecular weight excluding hydrogens is 370 g/mol. The van der Waals surface area contributed by atoms with Gasteiger partial charge in [-0.2, -0.15) is 0 Å². The summed E-state index contributed by atoms with van der Waals surface area (Å²) >= 11 is 0. The van der Waals surface area contributed by atoms with Crippen LogP contribution in [-0.4, -0.2) is 60.7 Å². The van der Waals surface area contributed by atoms with Gasteiger partial charge in [-0.15, -0.1) is 0 Å². The monoisotopic (exact) mass is 403 g/mol. The molecule has 1 aromatic rings. The number of hydrogen-bond acceptors (Lipinski definition) is 4. The van der Waals surface area contributed by atoms with E-state index in [1.807, 2.05) is 52.0 Å². The summed E-state index contributed by atoms with van der Waals surface area (Å²) in [7, 11) is 0. The van der Waals surface area contributed by atoms with E-state index in [2.05, 4.69) is 20.9 Å². The minimum atomic E-state index is -0.480. The van der Waals surface area contributed by atoms with Gasteiger partial charge < -0.3 is 25.6 Å². The number of likely N-dealkylation sites (tertiary alicyclic amines) is 1. The van der Waals surface area contributed by atoms with Crippen molar-refractivity contribution in [3.05, 3.63) is 29.8 Å². The van der Waals surface area contributed by atoms with Crippen molar-refractivity contribution in [1.82, 2.24) is 15.5 Å². The summed E-state index contributed by atoms with van der Waals surface area (Å²) in [4.78, 5) is 29.4. The highest BCUT2D eigenvalue weighted by Crippen LogP contribution is 2.15. The Balaban J connectivity index is 1.78. The zero-order valence-corrected chi connectivity index (χ0v) is 18.0. The molecule has 2 rings (SSSR count). The number of nitrogens with one attached hydrogen (secondary N) is 3. The van der Waals surface area contributed by atoms with Gasteiger partial charge in [0, 0.05) is 38.8 Å². The van der Waals surface area contributed by atoms with Crippen LogP contribution in [0.3, 0.4) is 0 Å². The summed E-state index contributed by atoms with van der Waals surface area (Å²) in [6.45, 7) is 11.7. The van der Waals surface area contributed by atoms with E-state index in [1.165, 1.54) is 6.92 Å². The van der Waals surface area contributed by atoms with Gasteiger partial charge in [-0.1, -0.05) is 12.1 Å². The van der Waals surface area contributed by atoms with E-state index in [0.717, 1.165) is 30.2 Å². The molecule has 1 aliphatic heterocycles. The fourth-order valence-electron chi connectivity index (χ4n) is 2.81. The SMILES string of the molecule is CCNC(=NCCc1ccc(NC(C)=O)cc1)NC1CN(C(=O)OC(C)(C)C)C1. The van der Waals surface area contributed by atoms with Gasteiger partial charge in [-0.25, -0.2) is 4.79 Å². The average molecular weight is 404 g/mol. The Hall–Kier alpha value is -2.77. The topological polar surface area (TPSA) is 95.1 Å². The van der Waals surface area contributed by atoms with Gasteiger partial charge in [0.1, 0.15) is 5.60 Å². The summed E-state index contributed by atoms with van der Waals surface area (Å²) in [5, 5.41) is 9.36. The van der Waals surface area contributed by atoms with Crippen LogP contribution in [0.1, 0.15) is 40.2 Å². The lowest BCUT2D eigenvalue weighted by atomic mass is 10.1. The molecule has 0 spiro atoms. The Morgan fingerprint density at radius 3 is 2.41 bits per heavy atom. The summed E-state index contributed by atoms with van der Waals surface area (Å²) < 4.78 is 5.38. The number of carbonyl (C=O) groups is 2. The fraction of sp³-hybridized carbons (Fsp3) is 0.571. The molecule has 3 N–H and O–H groups in total. The van der Waals surface area contributed by atoms with Crippen LogP contribution in [0.5, 0.6) is 0 Å². The molecule has 1 saturated heterocycles. The number of hydrogen-bond donors (Lipinski definition) is 3. The molecule has 2 amide bonds. The number of benzene rings is 1. The minimum absolute atomic E-state index is 0.0788. The number of aliphatic imine (C=N–C) groups is 1. The average Bonchev–Trinajstić information content (AvgIpc) is 2.57. The van der Waals surface area contributed by atoms with Gasteiger partial charge in [0.05, 0.1) is 6.04 Å². The van der Waals surface area contributed by atoms with Gasteiger partial charge in [-0.05, 0) is 51.8 Å². The van der Waals surface area contributed by atoms with Crippen molar-refractivity contribution in [3.63, 3.8) is 0 Å². The molecule has 0 bridgehead atoms. The maximum Gasteiger partial charge on any atom is 0.410 e. The second-order valence-electron chi connectivity index (χ2n) is 8.12. The van der Waals surface area contributed by atoms with E-state index in [0.29, 0.717) is 19.6 Å². The molecule has 29 heavy (non-hydrogen) atoms. The van der Waals surface area contributed by atoms with Crippen molar-refractivity contribution in [3.8, 4) is 0 Å². The molecule has 160 valence electrons. The Morgan fingerprint density at radius 2 is 1.86 bits per heavy atom. The smallest absolute Gasteiger partial charge is 0.410 e. The molecule has 1 heterocycles. The molecule has 1 fully saturated rings. The van der Waals surface area contributed by atoms with Crippen LogP contribution in [0.15, 0.2) is 29.3 Å². The fourth-order valence-corrected chi connectivity index (χ4v) is 2.81. The lowest BCUT2D eigenvalue weighted by Gasteiger charge is -2.40. The van der Waals surface area contributed by atoms with Crippen LogP contribution < -0.4 is 16.0 Å². The first-order valence-corrected chi connectivity index (χ1v) is 10.1. The number of anilines is 1. The highest BCUT2D eigenvalue weighted by molar-refractivity contribution is 5.88. The maximum absolute atomic E-state index is 12.0. The Labute approximate surface area is 173 Å². The van der Waals surface area contributed by atoms with Crippen LogP contribution in [0.2, 0.25) is 0 Å². The van der Waals surface area contributed by atoms with Crippen LogP contribution in [0.4, 0.5) is 10.5 Å².